The number of oxazole rings is 1. The zero-order chi connectivity index (χ0) is 13.0. The highest BCUT2D eigenvalue weighted by Gasteiger charge is 2.11. The lowest BCUT2D eigenvalue weighted by Gasteiger charge is -2.03. The van der Waals surface area contributed by atoms with E-state index in [0.29, 0.717) is 18.2 Å². The predicted molar refractivity (Wildman–Crippen MR) is 65.8 cm³/mol. The van der Waals surface area contributed by atoms with Crippen molar-refractivity contribution >= 4 is 5.91 Å². The third kappa shape index (κ3) is 3.16. The van der Waals surface area contributed by atoms with E-state index in [-0.39, 0.29) is 12.3 Å². The maximum absolute atomic E-state index is 11.7. The van der Waals surface area contributed by atoms with Gasteiger partial charge in [-0.3, -0.25) is 9.78 Å². The Balaban J connectivity index is 1.88. The number of nitrogens with zero attached hydrogens (tertiary/aromatic N) is 2. The van der Waals surface area contributed by atoms with E-state index in [4.69, 9.17) is 4.42 Å². The lowest BCUT2D eigenvalue weighted by Crippen LogP contribution is -2.24. The van der Waals surface area contributed by atoms with Gasteiger partial charge in [0.1, 0.15) is 5.76 Å². The minimum atomic E-state index is -0.0777. The normalized spacial score (nSPS) is 10.3. The Kier molecular flexibility index (Phi) is 3.72. The molecule has 1 N–H and O–H groups in total. The molecule has 2 aromatic rings. The number of carbonyl (C=O) groups excluding carboxylic acids is 1. The van der Waals surface area contributed by atoms with Gasteiger partial charge in [0.15, 0.2) is 5.89 Å². The van der Waals surface area contributed by atoms with Crippen LogP contribution in [0.1, 0.15) is 22.9 Å². The highest BCUT2D eigenvalue weighted by molar-refractivity contribution is 5.78. The highest BCUT2D eigenvalue weighted by Crippen LogP contribution is 2.09. The van der Waals surface area contributed by atoms with Gasteiger partial charge in [0, 0.05) is 25.9 Å². The van der Waals surface area contributed by atoms with Crippen LogP contribution in [0.5, 0.6) is 0 Å². The third-order valence-corrected chi connectivity index (χ3v) is 2.56. The van der Waals surface area contributed by atoms with Crippen LogP contribution in [-0.2, 0) is 17.8 Å². The van der Waals surface area contributed by atoms with Crippen molar-refractivity contribution in [3.05, 3.63) is 47.4 Å². The van der Waals surface area contributed by atoms with E-state index in [0.717, 1.165) is 11.3 Å². The minimum Gasteiger partial charge on any atom is -0.445 e. The molecule has 1 amide bonds. The lowest BCUT2D eigenvalue weighted by atomic mass is 10.2. The quantitative estimate of drug-likeness (QED) is 0.887. The summed E-state index contributed by atoms with van der Waals surface area (Å²) >= 11 is 0. The van der Waals surface area contributed by atoms with Crippen molar-refractivity contribution in [2.75, 3.05) is 0 Å². The molecular formula is C13H15N3O2. The minimum absolute atomic E-state index is 0.0777. The van der Waals surface area contributed by atoms with E-state index in [1.807, 2.05) is 19.1 Å². The molecule has 0 radical (unpaired) electrons. The molecule has 2 rings (SSSR count). The number of hydrogen-bond acceptors (Lipinski definition) is 4. The van der Waals surface area contributed by atoms with E-state index in [1.165, 1.54) is 0 Å². The molecule has 0 bridgehead atoms. The maximum Gasteiger partial charge on any atom is 0.227 e. The van der Waals surface area contributed by atoms with Crippen molar-refractivity contribution in [3.8, 4) is 0 Å². The molecule has 2 heterocycles. The Bertz CT molecular complexity index is 534. The van der Waals surface area contributed by atoms with Crippen LogP contribution < -0.4 is 5.32 Å². The molecule has 18 heavy (non-hydrogen) atoms. The zero-order valence-corrected chi connectivity index (χ0v) is 10.4. The third-order valence-electron chi connectivity index (χ3n) is 2.56. The van der Waals surface area contributed by atoms with Crippen molar-refractivity contribution in [2.45, 2.75) is 26.8 Å². The topological polar surface area (TPSA) is 68.0 Å². The second kappa shape index (κ2) is 5.44. The number of aromatic nitrogens is 2. The van der Waals surface area contributed by atoms with Gasteiger partial charge < -0.3 is 9.73 Å². The monoisotopic (exact) mass is 245 g/mol. The van der Waals surface area contributed by atoms with E-state index < -0.39 is 0 Å². The van der Waals surface area contributed by atoms with Crippen LogP contribution in [0.2, 0.25) is 0 Å². The maximum atomic E-state index is 11.7. The molecule has 0 saturated carbocycles. The average molecular weight is 245 g/mol. The second-order valence-corrected chi connectivity index (χ2v) is 4.05. The summed E-state index contributed by atoms with van der Waals surface area (Å²) in [5, 5.41) is 2.83. The summed E-state index contributed by atoms with van der Waals surface area (Å²) in [6.45, 7) is 4.10. The van der Waals surface area contributed by atoms with E-state index in [1.54, 1.807) is 19.3 Å². The number of rotatable bonds is 4. The van der Waals surface area contributed by atoms with Crippen molar-refractivity contribution in [3.63, 3.8) is 0 Å². The molecule has 0 spiro atoms. The van der Waals surface area contributed by atoms with Crippen LogP contribution >= 0.6 is 0 Å². The molecule has 5 heteroatoms. The van der Waals surface area contributed by atoms with Crippen molar-refractivity contribution in [2.24, 2.45) is 0 Å². The molecule has 0 unspecified atom stereocenters. The van der Waals surface area contributed by atoms with Gasteiger partial charge in [-0.05, 0) is 24.6 Å². The van der Waals surface area contributed by atoms with Crippen LogP contribution in [0.15, 0.2) is 28.9 Å². The Morgan fingerprint density at radius 2 is 2.06 bits per heavy atom. The van der Waals surface area contributed by atoms with Gasteiger partial charge in [-0.2, -0.15) is 0 Å². The standard InChI is InChI=1S/C13H15N3O2/c1-9-12(18-10(2)16-9)7-13(17)15-8-11-3-5-14-6-4-11/h3-6H,7-8H2,1-2H3,(H,15,17). The van der Waals surface area contributed by atoms with Crippen molar-refractivity contribution < 1.29 is 9.21 Å². The van der Waals surface area contributed by atoms with Gasteiger partial charge in [-0.15, -0.1) is 0 Å². The smallest absolute Gasteiger partial charge is 0.227 e. The van der Waals surface area contributed by atoms with E-state index in [2.05, 4.69) is 15.3 Å². The molecule has 0 saturated heterocycles. The Labute approximate surface area is 105 Å². The summed E-state index contributed by atoms with van der Waals surface area (Å²) in [7, 11) is 0. The SMILES string of the molecule is Cc1nc(C)c(CC(=O)NCc2ccncc2)o1. The number of pyridine rings is 1. The molecule has 0 fully saturated rings. The Morgan fingerprint density at radius 1 is 1.33 bits per heavy atom. The van der Waals surface area contributed by atoms with Crippen LogP contribution in [0.3, 0.4) is 0 Å². The molecule has 5 nitrogen and oxygen atoms in total. The number of hydrogen-bond donors (Lipinski definition) is 1. The fourth-order valence-electron chi connectivity index (χ4n) is 1.65. The van der Waals surface area contributed by atoms with Gasteiger partial charge in [0.25, 0.3) is 0 Å². The summed E-state index contributed by atoms with van der Waals surface area (Å²) in [5.41, 5.74) is 1.79. The van der Waals surface area contributed by atoms with Crippen LogP contribution in [0.25, 0.3) is 0 Å². The first-order chi connectivity index (χ1) is 8.65. The van der Waals surface area contributed by atoms with Crippen LogP contribution in [0, 0.1) is 13.8 Å². The molecule has 0 atom stereocenters. The molecule has 0 aliphatic rings. The van der Waals surface area contributed by atoms with Crippen LogP contribution in [-0.4, -0.2) is 15.9 Å². The second-order valence-electron chi connectivity index (χ2n) is 4.05. The number of aryl methyl sites for hydroxylation is 2. The van der Waals surface area contributed by atoms with Gasteiger partial charge in [0.05, 0.1) is 12.1 Å². The first-order valence-corrected chi connectivity index (χ1v) is 5.73. The fourth-order valence-corrected chi connectivity index (χ4v) is 1.65. The zero-order valence-electron chi connectivity index (χ0n) is 10.4. The van der Waals surface area contributed by atoms with Crippen molar-refractivity contribution in [1.29, 1.82) is 0 Å². The van der Waals surface area contributed by atoms with Gasteiger partial charge in [-0.25, -0.2) is 4.98 Å². The molecule has 94 valence electrons. The van der Waals surface area contributed by atoms with E-state index >= 15 is 0 Å². The van der Waals surface area contributed by atoms with E-state index in [9.17, 15) is 4.79 Å². The largest absolute Gasteiger partial charge is 0.445 e. The summed E-state index contributed by atoms with van der Waals surface area (Å²) < 4.78 is 5.36. The molecular weight excluding hydrogens is 230 g/mol. The van der Waals surface area contributed by atoms with Crippen LogP contribution in [0.4, 0.5) is 0 Å². The summed E-state index contributed by atoms with van der Waals surface area (Å²) in [6, 6.07) is 3.73. The Hall–Kier alpha value is -2.17. The molecule has 0 aliphatic carbocycles. The Morgan fingerprint density at radius 3 is 2.67 bits per heavy atom. The highest BCUT2D eigenvalue weighted by atomic mass is 16.4. The fraction of sp³-hybridized carbons (Fsp3) is 0.308. The first kappa shape index (κ1) is 12.3. The number of nitrogens with one attached hydrogen (secondary N) is 1. The molecule has 0 aliphatic heterocycles. The lowest BCUT2D eigenvalue weighted by molar-refractivity contribution is -0.120. The number of carbonyl (C=O) groups is 1. The summed E-state index contributed by atoms with van der Waals surface area (Å²) in [6.07, 6.45) is 3.62. The molecule has 0 aromatic carbocycles. The summed E-state index contributed by atoms with van der Waals surface area (Å²) in [4.78, 5) is 19.8. The van der Waals surface area contributed by atoms with Gasteiger partial charge >= 0.3 is 0 Å². The average Bonchev–Trinajstić information content (AvgIpc) is 2.67. The van der Waals surface area contributed by atoms with Crippen molar-refractivity contribution in [1.82, 2.24) is 15.3 Å². The predicted octanol–water partition coefficient (Wildman–Crippen LogP) is 1.55. The first-order valence-electron chi connectivity index (χ1n) is 5.73. The molecule has 2 aromatic heterocycles. The van der Waals surface area contributed by atoms with Gasteiger partial charge in [-0.1, -0.05) is 0 Å². The number of amides is 1. The van der Waals surface area contributed by atoms with Gasteiger partial charge in [0.2, 0.25) is 5.91 Å². The summed E-state index contributed by atoms with van der Waals surface area (Å²) in [5.74, 6) is 1.13.